The summed E-state index contributed by atoms with van der Waals surface area (Å²) in [5, 5.41) is 15.4. The first-order valence-corrected chi connectivity index (χ1v) is 7.13. The van der Waals surface area contributed by atoms with Crippen molar-refractivity contribution in [2.24, 2.45) is 0 Å². The Morgan fingerprint density at radius 3 is 3.05 bits per heavy atom. The van der Waals surface area contributed by atoms with Crippen molar-refractivity contribution in [1.82, 2.24) is 10.3 Å². The molecule has 0 bridgehead atoms. The highest BCUT2D eigenvalue weighted by Crippen LogP contribution is 2.26. The van der Waals surface area contributed by atoms with Crippen molar-refractivity contribution in [3.8, 4) is 0 Å². The highest BCUT2D eigenvalue weighted by Gasteiger charge is 2.47. The quantitative estimate of drug-likeness (QED) is 0.792. The average Bonchev–Trinajstić information content (AvgIpc) is 3.01. The van der Waals surface area contributed by atoms with Gasteiger partial charge in [-0.3, -0.25) is 4.79 Å². The molecule has 2 aliphatic rings. The zero-order chi connectivity index (χ0) is 13.4. The first kappa shape index (κ1) is 13.0. The van der Waals surface area contributed by atoms with E-state index in [2.05, 4.69) is 10.3 Å². The number of amides is 1. The third-order valence-electron chi connectivity index (χ3n) is 3.38. The summed E-state index contributed by atoms with van der Waals surface area (Å²) in [7, 11) is 0. The summed E-state index contributed by atoms with van der Waals surface area (Å²) in [4.78, 5) is 16.2. The zero-order valence-electron chi connectivity index (χ0n) is 10.5. The van der Waals surface area contributed by atoms with Crippen LogP contribution >= 0.6 is 11.3 Å². The molecule has 0 aromatic carbocycles. The topological polar surface area (TPSA) is 80.7 Å². The number of nitrogens with zero attached hydrogens (tertiary/aromatic N) is 1. The lowest BCUT2D eigenvalue weighted by atomic mass is 10.1. The van der Waals surface area contributed by atoms with Gasteiger partial charge in [-0.1, -0.05) is 0 Å². The normalized spacial score (nSPS) is 33.4. The maximum Gasteiger partial charge on any atom is 0.226 e. The SMILES string of the molecule is Cc1nc(CC(=O)N[C@@H]2CO[C@H]3[C@@H]2OC[C@H]3O)cs1. The summed E-state index contributed by atoms with van der Waals surface area (Å²) in [6.07, 6.45) is -0.878. The van der Waals surface area contributed by atoms with E-state index in [-0.39, 0.29) is 37.2 Å². The van der Waals surface area contributed by atoms with E-state index in [1.165, 1.54) is 11.3 Å². The maximum atomic E-state index is 11.9. The van der Waals surface area contributed by atoms with Crippen molar-refractivity contribution in [2.45, 2.75) is 37.7 Å². The predicted molar refractivity (Wildman–Crippen MR) is 68.0 cm³/mol. The van der Waals surface area contributed by atoms with Crippen molar-refractivity contribution < 1.29 is 19.4 Å². The van der Waals surface area contributed by atoms with Crippen LogP contribution in [0.15, 0.2) is 5.38 Å². The third-order valence-corrected chi connectivity index (χ3v) is 4.20. The molecule has 2 N–H and O–H groups in total. The molecule has 0 radical (unpaired) electrons. The van der Waals surface area contributed by atoms with Gasteiger partial charge in [-0.25, -0.2) is 4.98 Å². The average molecular weight is 284 g/mol. The van der Waals surface area contributed by atoms with Gasteiger partial charge in [0.25, 0.3) is 0 Å². The lowest BCUT2D eigenvalue weighted by Crippen LogP contribution is -2.44. The van der Waals surface area contributed by atoms with Crippen LogP contribution in [0.4, 0.5) is 0 Å². The van der Waals surface area contributed by atoms with Gasteiger partial charge in [0.05, 0.1) is 36.4 Å². The second-order valence-electron chi connectivity index (χ2n) is 4.87. The number of hydrogen-bond donors (Lipinski definition) is 2. The Morgan fingerprint density at radius 2 is 2.32 bits per heavy atom. The van der Waals surface area contributed by atoms with Crippen molar-refractivity contribution in [3.63, 3.8) is 0 Å². The molecule has 2 saturated heterocycles. The van der Waals surface area contributed by atoms with Crippen LogP contribution < -0.4 is 5.32 Å². The molecule has 2 aliphatic heterocycles. The van der Waals surface area contributed by atoms with Gasteiger partial charge in [-0.15, -0.1) is 11.3 Å². The van der Waals surface area contributed by atoms with E-state index < -0.39 is 6.10 Å². The summed E-state index contributed by atoms with van der Waals surface area (Å²) in [6.45, 7) is 2.57. The highest BCUT2D eigenvalue weighted by molar-refractivity contribution is 7.09. The first-order chi connectivity index (χ1) is 9.13. The minimum absolute atomic E-state index is 0.0930. The molecule has 7 heteroatoms. The Balaban J connectivity index is 1.55. The fourth-order valence-electron chi connectivity index (χ4n) is 2.51. The number of aliphatic hydroxyl groups is 1. The highest BCUT2D eigenvalue weighted by atomic mass is 32.1. The molecular formula is C12H16N2O4S. The molecular weight excluding hydrogens is 268 g/mol. The Kier molecular flexibility index (Phi) is 3.53. The standard InChI is InChI=1S/C12H16N2O4S/c1-6-13-7(5-19-6)2-10(16)14-8-3-17-12-9(15)4-18-11(8)12/h5,8-9,11-12,15H,2-4H2,1H3,(H,14,16)/t8-,9-,11-,12-/m1/s1. The second kappa shape index (κ2) is 5.16. The molecule has 0 unspecified atom stereocenters. The number of carbonyl (C=O) groups excluding carboxylic acids is 1. The second-order valence-corrected chi connectivity index (χ2v) is 5.93. The number of ether oxygens (including phenoxy) is 2. The first-order valence-electron chi connectivity index (χ1n) is 6.25. The number of aromatic nitrogens is 1. The van der Waals surface area contributed by atoms with Crippen LogP contribution in [-0.2, 0) is 20.7 Å². The number of aliphatic hydroxyl groups excluding tert-OH is 1. The van der Waals surface area contributed by atoms with E-state index >= 15 is 0 Å². The lowest BCUT2D eigenvalue weighted by molar-refractivity contribution is -0.121. The van der Waals surface area contributed by atoms with Crippen molar-refractivity contribution in [2.75, 3.05) is 13.2 Å². The number of rotatable bonds is 3. The number of hydrogen-bond acceptors (Lipinski definition) is 6. The Morgan fingerprint density at radius 1 is 1.53 bits per heavy atom. The fraction of sp³-hybridized carbons (Fsp3) is 0.667. The third kappa shape index (κ3) is 2.64. The van der Waals surface area contributed by atoms with E-state index in [4.69, 9.17) is 9.47 Å². The molecule has 1 amide bonds. The molecule has 104 valence electrons. The summed E-state index contributed by atoms with van der Waals surface area (Å²) < 4.78 is 10.9. The molecule has 19 heavy (non-hydrogen) atoms. The summed E-state index contributed by atoms with van der Waals surface area (Å²) in [5.74, 6) is -0.0930. The monoisotopic (exact) mass is 284 g/mol. The van der Waals surface area contributed by atoms with E-state index in [0.29, 0.717) is 6.61 Å². The lowest BCUT2D eigenvalue weighted by Gasteiger charge is -2.17. The van der Waals surface area contributed by atoms with E-state index in [0.717, 1.165) is 10.7 Å². The van der Waals surface area contributed by atoms with Crippen LogP contribution in [0.2, 0.25) is 0 Å². The van der Waals surface area contributed by atoms with Gasteiger partial charge in [0, 0.05) is 5.38 Å². The van der Waals surface area contributed by atoms with E-state index in [1.54, 1.807) is 0 Å². The predicted octanol–water partition coefficient (Wildman–Crippen LogP) is -0.363. The van der Waals surface area contributed by atoms with Gasteiger partial charge >= 0.3 is 0 Å². The molecule has 1 aromatic heterocycles. The van der Waals surface area contributed by atoms with Gasteiger partial charge in [0.15, 0.2) is 0 Å². The van der Waals surface area contributed by atoms with Crippen molar-refractivity contribution in [3.05, 3.63) is 16.1 Å². The summed E-state index contributed by atoms with van der Waals surface area (Å²) >= 11 is 1.53. The molecule has 1 aromatic rings. The summed E-state index contributed by atoms with van der Waals surface area (Å²) in [6, 6.07) is -0.186. The van der Waals surface area contributed by atoms with Crippen LogP contribution in [-0.4, -0.2) is 53.6 Å². The zero-order valence-corrected chi connectivity index (χ0v) is 11.4. The molecule has 2 fully saturated rings. The molecule has 3 rings (SSSR count). The Hall–Kier alpha value is -1.02. The van der Waals surface area contributed by atoms with Gasteiger partial charge in [0.1, 0.15) is 18.3 Å². The molecule has 0 aliphatic carbocycles. The molecule has 0 saturated carbocycles. The van der Waals surface area contributed by atoms with Gasteiger partial charge < -0.3 is 19.9 Å². The van der Waals surface area contributed by atoms with E-state index in [9.17, 15) is 9.90 Å². The largest absolute Gasteiger partial charge is 0.388 e. The molecule has 4 atom stereocenters. The minimum Gasteiger partial charge on any atom is -0.388 e. The van der Waals surface area contributed by atoms with Crippen LogP contribution in [0.5, 0.6) is 0 Å². The molecule has 3 heterocycles. The smallest absolute Gasteiger partial charge is 0.226 e. The number of aryl methyl sites for hydroxylation is 1. The summed E-state index contributed by atoms with van der Waals surface area (Å²) in [5.41, 5.74) is 0.780. The van der Waals surface area contributed by atoms with Crippen LogP contribution in [0.1, 0.15) is 10.7 Å². The fourth-order valence-corrected chi connectivity index (χ4v) is 3.13. The Bertz CT molecular complexity index is 478. The van der Waals surface area contributed by atoms with Crippen LogP contribution in [0, 0.1) is 6.92 Å². The van der Waals surface area contributed by atoms with Crippen LogP contribution in [0.25, 0.3) is 0 Å². The van der Waals surface area contributed by atoms with Gasteiger partial charge in [0.2, 0.25) is 5.91 Å². The van der Waals surface area contributed by atoms with Crippen LogP contribution in [0.3, 0.4) is 0 Å². The maximum absolute atomic E-state index is 11.9. The van der Waals surface area contributed by atoms with Crippen molar-refractivity contribution >= 4 is 17.2 Å². The van der Waals surface area contributed by atoms with Crippen molar-refractivity contribution in [1.29, 1.82) is 0 Å². The number of fused-ring (bicyclic) bond motifs is 1. The van der Waals surface area contributed by atoms with Gasteiger partial charge in [-0.05, 0) is 6.92 Å². The van der Waals surface area contributed by atoms with E-state index in [1.807, 2.05) is 12.3 Å². The minimum atomic E-state index is -0.590. The van der Waals surface area contributed by atoms with Gasteiger partial charge in [-0.2, -0.15) is 0 Å². The number of carbonyl (C=O) groups is 1. The number of nitrogens with one attached hydrogen (secondary N) is 1. The number of thiazole rings is 1. The molecule has 6 nitrogen and oxygen atoms in total. The Labute approximate surface area is 114 Å². The molecule has 0 spiro atoms.